The van der Waals surface area contributed by atoms with Crippen LogP contribution >= 0.6 is 22.6 Å². The number of aromatic amines is 1. The van der Waals surface area contributed by atoms with Crippen molar-refractivity contribution in [3.8, 4) is 0 Å². The van der Waals surface area contributed by atoms with Gasteiger partial charge in [0.1, 0.15) is 11.8 Å². The van der Waals surface area contributed by atoms with Crippen molar-refractivity contribution in [1.29, 1.82) is 0 Å². The van der Waals surface area contributed by atoms with Gasteiger partial charge in [-0.1, -0.05) is 6.92 Å². The summed E-state index contributed by atoms with van der Waals surface area (Å²) in [4.78, 5) is 6.91. The molecule has 21 heavy (non-hydrogen) atoms. The van der Waals surface area contributed by atoms with Crippen LogP contribution in [0, 0.1) is 5.92 Å². The van der Waals surface area contributed by atoms with Crippen molar-refractivity contribution < 1.29 is 18.3 Å². The molecule has 0 spiro atoms. The highest BCUT2D eigenvalue weighted by Crippen LogP contribution is 2.34. The average Bonchev–Trinajstić information content (AvgIpc) is 2.87. The molecule has 0 radical (unpaired) electrons. The van der Waals surface area contributed by atoms with Crippen molar-refractivity contribution in [3.63, 3.8) is 0 Å². The van der Waals surface area contributed by atoms with Crippen LogP contribution in [0.3, 0.4) is 0 Å². The minimum atomic E-state index is -2.28. The molecule has 2 aromatic rings. The summed E-state index contributed by atoms with van der Waals surface area (Å²) in [5, 5.41) is 11.2. The van der Waals surface area contributed by atoms with Crippen LogP contribution in [0.2, 0.25) is 0 Å². The Morgan fingerprint density at radius 3 is 2.76 bits per heavy atom. The van der Waals surface area contributed by atoms with Crippen molar-refractivity contribution in [2.75, 3.05) is 6.67 Å². The molecular formula is C14H16F3IN2O. The van der Waals surface area contributed by atoms with Gasteiger partial charge in [-0.3, -0.25) is 9.37 Å². The lowest BCUT2D eigenvalue weighted by molar-refractivity contribution is -0.0806. The van der Waals surface area contributed by atoms with Crippen LogP contribution < -0.4 is 0 Å². The van der Waals surface area contributed by atoms with Gasteiger partial charge in [-0.2, -0.15) is 0 Å². The summed E-state index contributed by atoms with van der Waals surface area (Å²) < 4.78 is 38.8. The Morgan fingerprint density at radius 2 is 2.19 bits per heavy atom. The van der Waals surface area contributed by atoms with E-state index in [-0.39, 0.29) is 6.42 Å². The number of hydrogen-bond acceptors (Lipinski definition) is 2. The number of alkyl halides is 4. The second-order valence-electron chi connectivity index (χ2n) is 5.26. The maximum Gasteiger partial charge on any atom is 0.182 e. The van der Waals surface area contributed by atoms with Crippen LogP contribution in [-0.4, -0.2) is 37.7 Å². The van der Waals surface area contributed by atoms with E-state index in [0.717, 1.165) is 5.39 Å². The normalized spacial score (nSPS) is 19.1. The summed E-state index contributed by atoms with van der Waals surface area (Å²) in [5.74, 6) is -1.07. The monoisotopic (exact) mass is 412 g/mol. The van der Waals surface area contributed by atoms with E-state index >= 15 is 0 Å². The lowest BCUT2D eigenvalue weighted by Gasteiger charge is -2.34. The van der Waals surface area contributed by atoms with Crippen molar-refractivity contribution >= 4 is 33.5 Å². The van der Waals surface area contributed by atoms with Crippen LogP contribution in [0.4, 0.5) is 13.2 Å². The quantitative estimate of drug-likeness (QED) is 0.564. The van der Waals surface area contributed by atoms with Crippen LogP contribution in [0.5, 0.6) is 0 Å². The number of nitrogens with one attached hydrogen (secondary N) is 1. The Balaban J connectivity index is 2.30. The number of halogens is 4. The van der Waals surface area contributed by atoms with Crippen molar-refractivity contribution in [1.82, 2.24) is 9.97 Å². The highest BCUT2D eigenvalue weighted by atomic mass is 127. The topological polar surface area (TPSA) is 48.9 Å². The fourth-order valence-corrected chi connectivity index (χ4v) is 2.86. The SMILES string of the molecule is CC(CF)C(F)C(O)(Cc1cc2ccncc2[nH]1)C(F)I. The summed E-state index contributed by atoms with van der Waals surface area (Å²) in [6.07, 6.45) is 0.924. The van der Waals surface area contributed by atoms with Crippen molar-refractivity contribution in [3.05, 3.63) is 30.2 Å². The predicted octanol–water partition coefficient (Wildman–Crippen LogP) is 3.51. The Kier molecular flexibility index (Phi) is 5.13. The molecule has 0 aromatic carbocycles. The molecule has 0 fully saturated rings. The van der Waals surface area contributed by atoms with Crippen LogP contribution in [-0.2, 0) is 6.42 Å². The molecule has 2 aromatic heterocycles. The molecule has 0 saturated heterocycles. The molecule has 7 heteroatoms. The molecule has 4 atom stereocenters. The van der Waals surface area contributed by atoms with Gasteiger partial charge < -0.3 is 10.1 Å². The number of hydrogen-bond donors (Lipinski definition) is 2. The van der Waals surface area contributed by atoms with Crippen LogP contribution in [0.25, 0.3) is 10.9 Å². The Hall–Kier alpha value is -0.830. The third kappa shape index (κ3) is 3.33. The minimum Gasteiger partial charge on any atom is -0.383 e. The summed E-state index contributed by atoms with van der Waals surface area (Å²) >= 11 is 1.33. The van der Waals surface area contributed by atoms with E-state index < -0.39 is 28.5 Å². The van der Waals surface area contributed by atoms with E-state index in [0.29, 0.717) is 11.2 Å². The maximum atomic E-state index is 14.3. The third-order valence-corrected chi connectivity index (χ3v) is 4.63. The summed E-state index contributed by atoms with van der Waals surface area (Å²) in [6.45, 7) is 0.354. The van der Waals surface area contributed by atoms with Crippen LogP contribution in [0.15, 0.2) is 24.5 Å². The van der Waals surface area contributed by atoms with Gasteiger partial charge in [-0.15, -0.1) is 0 Å². The average molecular weight is 412 g/mol. The zero-order valence-corrected chi connectivity index (χ0v) is 13.5. The molecule has 0 saturated carbocycles. The molecule has 0 aliphatic rings. The summed E-state index contributed by atoms with van der Waals surface area (Å²) in [6, 6.07) is 3.45. The van der Waals surface area contributed by atoms with Crippen molar-refractivity contribution in [2.24, 2.45) is 5.92 Å². The molecule has 0 amide bonds. The summed E-state index contributed by atoms with van der Waals surface area (Å²) in [5.41, 5.74) is -1.08. The maximum absolute atomic E-state index is 14.3. The Labute approximate surface area is 134 Å². The number of aromatic nitrogens is 2. The number of pyridine rings is 1. The molecule has 2 N–H and O–H groups in total. The van der Waals surface area contributed by atoms with Gasteiger partial charge in [0.25, 0.3) is 0 Å². The van der Waals surface area contributed by atoms with Gasteiger partial charge in [-0.25, -0.2) is 8.78 Å². The molecule has 116 valence electrons. The van der Waals surface area contributed by atoms with E-state index in [1.165, 1.54) is 29.5 Å². The number of rotatable bonds is 6. The molecule has 0 aliphatic carbocycles. The Bertz CT molecular complexity index is 574. The second kappa shape index (κ2) is 6.51. The van der Waals surface area contributed by atoms with Gasteiger partial charge in [-0.05, 0) is 34.7 Å². The number of fused-ring (bicyclic) bond motifs is 1. The molecular weight excluding hydrogens is 396 g/mol. The smallest absolute Gasteiger partial charge is 0.182 e. The largest absolute Gasteiger partial charge is 0.383 e. The van der Waals surface area contributed by atoms with E-state index in [4.69, 9.17) is 0 Å². The summed E-state index contributed by atoms with van der Waals surface area (Å²) in [7, 11) is 0. The van der Waals surface area contributed by atoms with Gasteiger partial charge in [0.15, 0.2) is 4.18 Å². The molecule has 4 unspecified atom stereocenters. The standard InChI is InChI=1S/C14H16F3IN2O/c1-8(6-15)12(16)14(21,13(17)18)5-10-4-9-2-3-19-7-11(9)20-10/h2-4,7-8,12-13,20-21H,5-6H2,1H3. The first-order valence-electron chi connectivity index (χ1n) is 6.50. The first-order chi connectivity index (χ1) is 9.88. The zero-order valence-electron chi connectivity index (χ0n) is 11.4. The van der Waals surface area contributed by atoms with Gasteiger partial charge in [0, 0.05) is 29.6 Å². The Morgan fingerprint density at radius 1 is 1.48 bits per heavy atom. The molecule has 0 aliphatic heterocycles. The van der Waals surface area contributed by atoms with Crippen molar-refractivity contribution in [2.45, 2.75) is 29.3 Å². The number of aliphatic hydroxyl groups is 1. The first kappa shape index (κ1) is 16.5. The fraction of sp³-hybridized carbons (Fsp3) is 0.500. The lowest BCUT2D eigenvalue weighted by atomic mass is 9.87. The fourth-order valence-electron chi connectivity index (χ4n) is 2.30. The number of H-pyrrole nitrogens is 1. The van der Waals surface area contributed by atoms with E-state index in [1.807, 2.05) is 0 Å². The number of nitrogens with zero attached hydrogens (tertiary/aromatic N) is 1. The third-order valence-electron chi connectivity index (χ3n) is 3.55. The second-order valence-corrected chi connectivity index (χ2v) is 6.35. The van der Waals surface area contributed by atoms with Gasteiger partial charge in [0.05, 0.1) is 18.4 Å². The lowest BCUT2D eigenvalue weighted by Crippen LogP contribution is -2.51. The van der Waals surface area contributed by atoms with Crippen LogP contribution in [0.1, 0.15) is 12.6 Å². The molecule has 2 heterocycles. The highest BCUT2D eigenvalue weighted by molar-refractivity contribution is 14.1. The van der Waals surface area contributed by atoms with E-state index in [1.54, 1.807) is 24.5 Å². The first-order valence-corrected chi connectivity index (χ1v) is 7.75. The minimum absolute atomic E-state index is 0.267. The van der Waals surface area contributed by atoms with Gasteiger partial charge in [0.2, 0.25) is 0 Å². The highest BCUT2D eigenvalue weighted by Gasteiger charge is 2.47. The van der Waals surface area contributed by atoms with Gasteiger partial charge >= 0.3 is 0 Å². The molecule has 0 bridgehead atoms. The predicted molar refractivity (Wildman–Crippen MR) is 83.7 cm³/mol. The molecule has 3 nitrogen and oxygen atoms in total. The van der Waals surface area contributed by atoms with E-state index in [9.17, 15) is 18.3 Å². The molecule has 2 rings (SSSR count). The van der Waals surface area contributed by atoms with E-state index in [2.05, 4.69) is 9.97 Å². The zero-order chi connectivity index (χ0) is 15.6.